The maximum absolute atomic E-state index is 4.31. The Hall–Kier alpha value is 0.677. The van der Waals surface area contributed by atoms with Crippen molar-refractivity contribution in [3.05, 3.63) is 15.0 Å². The van der Waals surface area contributed by atoms with Gasteiger partial charge in [0.25, 0.3) is 0 Å². The van der Waals surface area contributed by atoms with Crippen LogP contribution in [-0.2, 0) is 5.75 Å². The van der Waals surface area contributed by atoms with E-state index < -0.39 is 8.07 Å². The highest BCUT2D eigenvalue weighted by molar-refractivity contribution is 9.11. The molecule has 1 aromatic rings. The van der Waals surface area contributed by atoms with Crippen LogP contribution in [0.25, 0.3) is 0 Å². The van der Waals surface area contributed by atoms with E-state index >= 15 is 0 Å². The summed E-state index contributed by atoms with van der Waals surface area (Å²) in [5, 5.41) is 1.23. The minimum Gasteiger partial charge on any atom is -0.248 e. The second kappa shape index (κ2) is 5.68. The van der Waals surface area contributed by atoms with E-state index in [1.54, 1.807) is 11.3 Å². The summed E-state index contributed by atoms with van der Waals surface area (Å²) in [7, 11) is -0.837. The third-order valence-electron chi connectivity index (χ3n) is 1.75. The van der Waals surface area contributed by atoms with Crippen LogP contribution in [-0.4, -0.2) is 18.8 Å². The summed E-state index contributed by atoms with van der Waals surface area (Å²) in [5.74, 6) is 2.35. The van der Waals surface area contributed by atoms with Gasteiger partial charge in [0.1, 0.15) is 5.01 Å². The minimum absolute atomic E-state index is 0.837. The summed E-state index contributed by atoms with van der Waals surface area (Å²) in [6.45, 7) is 7.27. The van der Waals surface area contributed by atoms with Crippen molar-refractivity contribution in [2.45, 2.75) is 31.4 Å². The van der Waals surface area contributed by atoms with Gasteiger partial charge in [0, 0.05) is 13.8 Å². The first-order valence-corrected chi connectivity index (χ1v) is 11.1. The van der Waals surface area contributed by atoms with E-state index in [0.717, 1.165) is 9.54 Å². The molecule has 0 aliphatic rings. The molecule has 0 spiro atoms. The van der Waals surface area contributed by atoms with Crippen LogP contribution >= 0.6 is 39.0 Å². The van der Waals surface area contributed by atoms with Crippen molar-refractivity contribution in [2.75, 3.05) is 5.75 Å². The third kappa shape index (κ3) is 5.53. The first-order chi connectivity index (χ1) is 6.47. The fourth-order valence-electron chi connectivity index (χ4n) is 0.893. The molecule has 0 aliphatic heterocycles. The van der Waals surface area contributed by atoms with Crippen molar-refractivity contribution < 1.29 is 0 Å². The SMILES string of the molecule is C[Si](C)(C)CCSCc1ncc(Br)s1. The summed E-state index contributed by atoms with van der Waals surface area (Å²) in [6, 6.07) is 1.41. The zero-order valence-electron chi connectivity index (χ0n) is 8.84. The third-order valence-corrected chi connectivity index (χ3v) is 6.49. The van der Waals surface area contributed by atoms with E-state index in [-0.39, 0.29) is 0 Å². The van der Waals surface area contributed by atoms with Gasteiger partial charge >= 0.3 is 0 Å². The summed E-state index contributed by atoms with van der Waals surface area (Å²) >= 11 is 7.18. The van der Waals surface area contributed by atoms with Crippen LogP contribution in [0.15, 0.2) is 9.98 Å². The van der Waals surface area contributed by atoms with Crippen LogP contribution in [0.4, 0.5) is 0 Å². The van der Waals surface area contributed by atoms with Crippen molar-refractivity contribution in [2.24, 2.45) is 0 Å². The Kier molecular flexibility index (Phi) is 5.17. The van der Waals surface area contributed by atoms with Crippen molar-refractivity contribution in [1.29, 1.82) is 0 Å². The van der Waals surface area contributed by atoms with Gasteiger partial charge in [0.2, 0.25) is 0 Å². The second-order valence-electron chi connectivity index (χ2n) is 4.42. The molecule has 0 amide bonds. The standard InChI is InChI=1S/C9H16BrNS2Si/c1-14(2,3)5-4-12-7-9-11-6-8(10)13-9/h6H,4-5,7H2,1-3H3. The van der Waals surface area contributed by atoms with Crippen LogP contribution in [0.2, 0.25) is 25.7 Å². The Labute approximate surface area is 104 Å². The van der Waals surface area contributed by atoms with Gasteiger partial charge in [-0.2, -0.15) is 11.8 Å². The largest absolute Gasteiger partial charge is 0.248 e. The van der Waals surface area contributed by atoms with Crippen LogP contribution in [0.5, 0.6) is 0 Å². The van der Waals surface area contributed by atoms with Gasteiger partial charge in [0.05, 0.1) is 9.98 Å². The highest BCUT2D eigenvalue weighted by Gasteiger charge is 2.12. The quantitative estimate of drug-likeness (QED) is 0.587. The molecule has 0 saturated heterocycles. The molecule has 0 N–H and O–H groups in total. The number of hydrogen-bond acceptors (Lipinski definition) is 3. The zero-order chi connectivity index (χ0) is 10.6. The Morgan fingerprint density at radius 1 is 1.50 bits per heavy atom. The Balaban J connectivity index is 2.16. The molecule has 80 valence electrons. The smallest absolute Gasteiger partial charge is 0.104 e. The molecule has 0 saturated carbocycles. The number of hydrogen-bond donors (Lipinski definition) is 0. The van der Waals surface area contributed by atoms with E-state index in [2.05, 4.69) is 40.6 Å². The van der Waals surface area contributed by atoms with E-state index in [4.69, 9.17) is 0 Å². The van der Waals surface area contributed by atoms with Gasteiger partial charge in [0.15, 0.2) is 0 Å². The molecule has 1 aromatic heterocycles. The average molecular weight is 310 g/mol. The number of aromatic nitrogens is 1. The molecule has 1 rings (SSSR count). The van der Waals surface area contributed by atoms with Gasteiger partial charge in [-0.05, 0) is 27.7 Å². The molecule has 0 fully saturated rings. The molecule has 1 heterocycles. The van der Waals surface area contributed by atoms with Crippen LogP contribution < -0.4 is 0 Å². The topological polar surface area (TPSA) is 12.9 Å². The van der Waals surface area contributed by atoms with Gasteiger partial charge in [-0.25, -0.2) is 4.98 Å². The summed E-state index contributed by atoms with van der Waals surface area (Å²) in [4.78, 5) is 4.31. The van der Waals surface area contributed by atoms with E-state index in [1.807, 2.05) is 18.0 Å². The molecule has 0 aromatic carbocycles. The molecule has 0 unspecified atom stereocenters. The highest BCUT2D eigenvalue weighted by Crippen LogP contribution is 2.24. The molecule has 5 heteroatoms. The molecule has 0 aliphatic carbocycles. The van der Waals surface area contributed by atoms with Crippen LogP contribution in [0.3, 0.4) is 0 Å². The second-order valence-corrected chi connectivity index (χ2v) is 13.6. The summed E-state index contributed by atoms with van der Waals surface area (Å²) in [5.41, 5.74) is 0. The monoisotopic (exact) mass is 309 g/mol. The highest BCUT2D eigenvalue weighted by atomic mass is 79.9. The van der Waals surface area contributed by atoms with Gasteiger partial charge in [-0.15, -0.1) is 11.3 Å². The van der Waals surface area contributed by atoms with Crippen molar-refractivity contribution in [1.82, 2.24) is 4.98 Å². The number of nitrogens with zero attached hydrogens (tertiary/aromatic N) is 1. The number of thiazole rings is 1. The molecule has 14 heavy (non-hydrogen) atoms. The van der Waals surface area contributed by atoms with Gasteiger partial charge in [-0.1, -0.05) is 19.6 Å². The fourth-order valence-corrected chi connectivity index (χ4v) is 5.90. The molecular formula is C9H16BrNS2Si. The van der Waals surface area contributed by atoms with E-state index in [9.17, 15) is 0 Å². The van der Waals surface area contributed by atoms with E-state index in [0.29, 0.717) is 0 Å². The maximum atomic E-state index is 4.31. The van der Waals surface area contributed by atoms with Crippen LogP contribution in [0.1, 0.15) is 5.01 Å². The van der Waals surface area contributed by atoms with Crippen molar-refractivity contribution in [3.8, 4) is 0 Å². The number of rotatable bonds is 5. The van der Waals surface area contributed by atoms with Gasteiger partial charge < -0.3 is 0 Å². The van der Waals surface area contributed by atoms with Gasteiger partial charge in [-0.3, -0.25) is 0 Å². The number of halogens is 1. The number of thioether (sulfide) groups is 1. The maximum Gasteiger partial charge on any atom is 0.104 e. The Morgan fingerprint density at radius 2 is 2.21 bits per heavy atom. The molecular weight excluding hydrogens is 294 g/mol. The lowest BCUT2D eigenvalue weighted by atomic mass is 10.8. The van der Waals surface area contributed by atoms with Crippen molar-refractivity contribution in [3.63, 3.8) is 0 Å². The van der Waals surface area contributed by atoms with Crippen LogP contribution in [0, 0.1) is 0 Å². The fraction of sp³-hybridized carbons (Fsp3) is 0.667. The molecule has 0 atom stereocenters. The minimum atomic E-state index is -0.837. The van der Waals surface area contributed by atoms with Crippen molar-refractivity contribution >= 4 is 47.1 Å². The summed E-state index contributed by atoms with van der Waals surface area (Å²) in [6.07, 6.45) is 1.89. The molecule has 1 nitrogen and oxygen atoms in total. The lowest BCUT2D eigenvalue weighted by molar-refractivity contribution is 1.26. The molecule has 0 bridgehead atoms. The first-order valence-electron chi connectivity index (χ1n) is 4.65. The first kappa shape index (κ1) is 12.7. The predicted molar refractivity (Wildman–Crippen MR) is 74.1 cm³/mol. The lowest BCUT2D eigenvalue weighted by Gasteiger charge is -2.14. The molecule has 0 radical (unpaired) electrons. The predicted octanol–water partition coefficient (Wildman–Crippen LogP) is 4.48. The normalized spacial score (nSPS) is 12.0. The zero-order valence-corrected chi connectivity index (χ0v) is 13.1. The summed E-state index contributed by atoms with van der Waals surface area (Å²) < 4.78 is 1.14. The Morgan fingerprint density at radius 3 is 2.71 bits per heavy atom. The average Bonchev–Trinajstić information content (AvgIpc) is 2.44. The van der Waals surface area contributed by atoms with E-state index in [1.165, 1.54) is 16.8 Å². The lowest BCUT2D eigenvalue weighted by Crippen LogP contribution is -2.19. The Bertz CT molecular complexity index is 283.